The summed E-state index contributed by atoms with van der Waals surface area (Å²) >= 11 is 0. The number of piperidine rings is 1. The van der Waals surface area contributed by atoms with Crippen LogP contribution in [0, 0.1) is 16.0 Å². The first kappa shape index (κ1) is 19.4. The second-order valence-electron chi connectivity index (χ2n) is 6.62. The molecule has 2 aliphatic heterocycles. The van der Waals surface area contributed by atoms with Crippen LogP contribution < -0.4 is 0 Å². The second kappa shape index (κ2) is 8.45. The zero-order valence-electron chi connectivity index (χ0n) is 14.3. The summed E-state index contributed by atoms with van der Waals surface area (Å²) in [5, 5.41) is 10.6. The summed E-state index contributed by atoms with van der Waals surface area (Å²) in [6, 6.07) is 6.93. The first-order valence-electron chi connectivity index (χ1n) is 8.49. The highest BCUT2D eigenvalue weighted by atomic mass is 35.5. The molecule has 1 amide bonds. The van der Waals surface area contributed by atoms with Crippen LogP contribution in [0.2, 0.25) is 0 Å². The Hall–Kier alpha value is -1.92. The van der Waals surface area contributed by atoms with Crippen molar-refractivity contribution in [2.45, 2.75) is 25.8 Å². The fourth-order valence-electron chi connectivity index (χ4n) is 3.76. The highest BCUT2D eigenvalue weighted by Crippen LogP contribution is 2.30. The van der Waals surface area contributed by atoms with E-state index in [1.54, 1.807) is 12.1 Å². The van der Waals surface area contributed by atoms with Gasteiger partial charge in [0, 0.05) is 50.8 Å². The van der Waals surface area contributed by atoms with E-state index in [-0.39, 0.29) is 28.9 Å². The van der Waals surface area contributed by atoms with Gasteiger partial charge in [-0.15, -0.1) is 12.4 Å². The Labute approximate surface area is 154 Å². The van der Waals surface area contributed by atoms with Gasteiger partial charge in [0.15, 0.2) is 0 Å². The summed E-state index contributed by atoms with van der Waals surface area (Å²) in [7, 11) is 0. The van der Waals surface area contributed by atoms with Crippen molar-refractivity contribution < 1.29 is 9.72 Å². The van der Waals surface area contributed by atoms with Crippen molar-refractivity contribution in [1.82, 2.24) is 9.80 Å². The number of nitro groups is 1. The molecule has 1 aromatic rings. The van der Waals surface area contributed by atoms with E-state index in [1.807, 2.05) is 13.0 Å². The van der Waals surface area contributed by atoms with Crippen LogP contribution in [0.3, 0.4) is 0 Å². The summed E-state index contributed by atoms with van der Waals surface area (Å²) in [4.78, 5) is 26.7. The summed E-state index contributed by atoms with van der Waals surface area (Å²) in [5.41, 5.74) is 1.07. The largest absolute Gasteiger partial charge is 0.338 e. The highest BCUT2D eigenvalue weighted by molar-refractivity contribution is 5.85. The monoisotopic (exact) mass is 365 g/mol. The number of hydrogen-bond acceptors (Lipinski definition) is 4. The minimum atomic E-state index is -0.389. The lowest BCUT2D eigenvalue weighted by Gasteiger charge is -2.31. The van der Waals surface area contributed by atoms with Crippen molar-refractivity contribution in [1.29, 1.82) is 0 Å². The van der Waals surface area contributed by atoms with E-state index < -0.39 is 0 Å². The first-order chi connectivity index (χ1) is 11.6. The Kier molecular flexibility index (Phi) is 6.56. The van der Waals surface area contributed by atoms with Crippen LogP contribution in [-0.2, 0) is 4.79 Å². The summed E-state index contributed by atoms with van der Waals surface area (Å²) in [6.45, 7) is 5.65. The molecule has 3 rings (SSSR count). The molecule has 2 fully saturated rings. The van der Waals surface area contributed by atoms with Gasteiger partial charge in [0.25, 0.3) is 5.69 Å². The molecule has 0 aliphatic carbocycles. The van der Waals surface area contributed by atoms with Gasteiger partial charge >= 0.3 is 0 Å². The normalized spacial score (nSPS) is 22.8. The zero-order valence-corrected chi connectivity index (χ0v) is 15.2. The van der Waals surface area contributed by atoms with Gasteiger partial charge in [-0.05, 0) is 30.0 Å². The van der Waals surface area contributed by atoms with E-state index in [9.17, 15) is 14.9 Å². The number of nitrogens with zero attached hydrogens (tertiary/aromatic N) is 3. The van der Waals surface area contributed by atoms with Gasteiger partial charge in [0.2, 0.25) is 5.91 Å². The fraction of sp³-hybridized carbons (Fsp3) is 0.500. The molecular weight excluding hydrogens is 342 g/mol. The molecule has 1 aromatic carbocycles. The summed E-state index contributed by atoms with van der Waals surface area (Å²) in [6.07, 6.45) is 5.81. The Morgan fingerprint density at radius 2 is 2.00 bits per heavy atom. The molecule has 2 bridgehead atoms. The Bertz CT molecular complexity index is 647. The van der Waals surface area contributed by atoms with Crippen LogP contribution in [0.4, 0.5) is 5.69 Å². The van der Waals surface area contributed by atoms with Crippen LogP contribution in [0.25, 0.3) is 6.08 Å². The van der Waals surface area contributed by atoms with Gasteiger partial charge in [-0.2, -0.15) is 0 Å². The Balaban J connectivity index is 0.00000225. The minimum Gasteiger partial charge on any atom is -0.338 e. The standard InChI is InChI=1S/C18H23N3O3.ClH/c1-2-18(22)20-12-15-10-17(20)13-19(11-15)9-3-4-14-5-7-16(8-6-14)21(23)24;/h3-8,15,17H,2,9-13H2,1H3;1H/b4-3+;. The van der Waals surface area contributed by atoms with Gasteiger partial charge in [-0.25, -0.2) is 0 Å². The minimum absolute atomic E-state index is 0. The number of non-ortho nitro benzene ring substituents is 1. The average Bonchev–Trinajstić information content (AvgIpc) is 2.89. The number of benzene rings is 1. The maximum absolute atomic E-state index is 12.0. The van der Waals surface area contributed by atoms with E-state index in [0.29, 0.717) is 18.4 Å². The van der Waals surface area contributed by atoms with Crippen LogP contribution in [-0.4, -0.2) is 52.9 Å². The topological polar surface area (TPSA) is 66.7 Å². The molecule has 0 saturated carbocycles. The molecule has 0 spiro atoms. The third kappa shape index (κ3) is 4.58. The predicted octanol–water partition coefficient (Wildman–Crippen LogP) is 2.97. The van der Waals surface area contributed by atoms with Crippen LogP contribution >= 0.6 is 12.4 Å². The molecule has 0 radical (unpaired) electrons. The molecule has 2 atom stereocenters. The van der Waals surface area contributed by atoms with E-state index in [1.165, 1.54) is 12.1 Å². The molecule has 6 nitrogen and oxygen atoms in total. The average molecular weight is 366 g/mol. The lowest BCUT2D eigenvalue weighted by molar-refractivity contribution is -0.384. The predicted molar refractivity (Wildman–Crippen MR) is 99.7 cm³/mol. The Morgan fingerprint density at radius 1 is 1.28 bits per heavy atom. The van der Waals surface area contributed by atoms with Crippen LogP contribution in [0.5, 0.6) is 0 Å². The fourth-order valence-corrected chi connectivity index (χ4v) is 3.76. The van der Waals surface area contributed by atoms with Crippen LogP contribution in [0.1, 0.15) is 25.3 Å². The van der Waals surface area contributed by atoms with Crippen molar-refractivity contribution in [3.8, 4) is 0 Å². The molecule has 0 aromatic heterocycles. The lowest BCUT2D eigenvalue weighted by atomic mass is 10.00. The number of nitro benzene ring substituents is 1. The number of fused-ring (bicyclic) bond motifs is 2. The SMILES string of the molecule is CCC(=O)N1CC2CC1CN(C/C=C/c1ccc([N+](=O)[O-])cc1)C2.Cl. The number of halogens is 1. The third-order valence-corrected chi connectivity index (χ3v) is 4.89. The number of likely N-dealkylation sites (tertiary alicyclic amines) is 2. The zero-order chi connectivity index (χ0) is 17.1. The molecule has 7 heteroatoms. The molecule has 25 heavy (non-hydrogen) atoms. The quantitative estimate of drug-likeness (QED) is 0.594. The Morgan fingerprint density at radius 3 is 2.64 bits per heavy atom. The first-order valence-corrected chi connectivity index (χ1v) is 8.49. The number of carbonyl (C=O) groups excluding carboxylic acids is 1. The lowest BCUT2D eigenvalue weighted by Crippen LogP contribution is -2.43. The van der Waals surface area contributed by atoms with E-state index in [2.05, 4.69) is 15.9 Å². The second-order valence-corrected chi connectivity index (χ2v) is 6.62. The van der Waals surface area contributed by atoms with Crippen LogP contribution in [0.15, 0.2) is 30.3 Å². The molecule has 2 aliphatic rings. The van der Waals surface area contributed by atoms with Crippen molar-refractivity contribution in [2.24, 2.45) is 5.92 Å². The smallest absolute Gasteiger partial charge is 0.269 e. The van der Waals surface area contributed by atoms with Crippen molar-refractivity contribution >= 4 is 30.1 Å². The molecule has 2 unspecified atom stereocenters. The van der Waals surface area contributed by atoms with E-state index >= 15 is 0 Å². The molecule has 2 saturated heterocycles. The van der Waals surface area contributed by atoms with Crippen molar-refractivity contribution in [3.63, 3.8) is 0 Å². The molecular formula is C18H24ClN3O3. The van der Waals surface area contributed by atoms with Gasteiger partial charge in [-0.1, -0.05) is 19.1 Å². The van der Waals surface area contributed by atoms with E-state index in [4.69, 9.17) is 0 Å². The number of rotatable bonds is 5. The number of amides is 1. The maximum Gasteiger partial charge on any atom is 0.269 e. The van der Waals surface area contributed by atoms with Gasteiger partial charge in [-0.3, -0.25) is 19.8 Å². The molecule has 136 valence electrons. The number of carbonyl (C=O) groups is 1. The summed E-state index contributed by atoms with van der Waals surface area (Å²) in [5.74, 6) is 0.859. The van der Waals surface area contributed by atoms with Gasteiger partial charge < -0.3 is 4.90 Å². The molecule has 0 N–H and O–H groups in total. The molecule has 2 heterocycles. The van der Waals surface area contributed by atoms with Gasteiger partial charge in [0.05, 0.1) is 4.92 Å². The summed E-state index contributed by atoms with van der Waals surface area (Å²) < 4.78 is 0. The van der Waals surface area contributed by atoms with Crippen molar-refractivity contribution in [2.75, 3.05) is 26.2 Å². The van der Waals surface area contributed by atoms with Crippen molar-refractivity contribution in [3.05, 3.63) is 46.0 Å². The number of hydrogen-bond donors (Lipinski definition) is 0. The highest BCUT2D eigenvalue weighted by Gasteiger charge is 2.39. The van der Waals surface area contributed by atoms with Gasteiger partial charge in [0.1, 0.15) is 0 Å². The maximum atomic E-state index is 12.0. The van der Waals surface area contributed by atoms with E-state index in [0.717, 1.165) is 38.2 Å². The third-order valence-electron chi connectivity index (χ3n) is 4.89.